The second kappa shape index (κ2) is 15.0. The Morgan fingerprint density at radius 2 is 1.69 bits per heavy atom. The van der Waals surface area contributed by atoms with Crippen LogP contribution in [0.4, 0.5) is 4.79 Å². The van der Waals surface area contributed by atoms with Gasteiger partial charge >= 0.3 is 6.03 Å². The number of amides is 5. The molecule has 42 heavy (non-hydrogen) atoms. The third-order valence-corrected chi connectivity index (χ3v) is 8.87. The average Bonchev–Trinajstić information content (AvgIpc) is 3.38. The van der Waals surface area contributed by atoms with Crippen LogP contribution in [-0.4, -0.2) is 91.6 Å². The van der Waals surface area contributed by atoms with Gasteiger partial charge in [-0.05, 0) is 37.5 Å². The van der Waals surface area contributed by atoms with Crippen LogP contribution in [0.15, 0.2) is 12.7 Å². The van der Waals surface area contributed by atoms with Crippen molar-refractivity contribution in [2.75, 3.05) is 25.1 Å². The Bertz CT molecular complexity index is 1130. The molecule has 2 aliphatic rings. The summed E-state index contributed by atoms with van der Waals surface area (Å²) in [7, 11) is -3.38. The number of carbonyl (C=O) groups excluding carboxylic acids is 5. The van der Waals surface area contributed by atoms with Gasteiger partial charge in [-0.2, -0.15) is 0 Å². The summed E-state index contributed by atoms with van der Waals surface area (Å²) in [5, 5.41) is 10.8. The highest BCUT2D eigenvalue weighted by molar-refractivity contribution is 7.90. The van der Waals surface area contributed by atoms with Crippen molar-refractivity contribution in [3.63, 3.8) is 0 Å². The molecule has 1 aliphatic heterocycles. The zero-order valence-corrected chi connectivity index (χ0v) is 26.5. The van der Waals surface area contributed by atoms with Crippen LogP contribution in [0.5, 0.6) is 0 Å². The lowest BCUT2D eigenvalue weighted by atomic mass is 9.83. The van der Waals surface area contributed by atoms with Crippen LogP contribution in [0, 0.1) is 5.41 Å². The second-order valence-corrected chi connectivity index (χ2v) is 14.9. The molecule has 1 unspecified atom stereocenters. The first-order chi connectivity index (χ1) is 19.5. The fourth-order valence-electron chi connectivity index (χ4n) is 5.80. The van der Waals surface area contributed by atoms with Gasteiger partial charge in [-0.15, -0.1) is 6.58 Å². The molecular formula is C29H49N5O7S. The molecule has 5 amide bonds. The van der Waals surface area contributed by atoms with Crippen molar-refractivity contribution >= 4 is 39.4 Å². The number of Topliss-reactive ketones (excluding diaryl/α,β-unsaturated/α-hetero) is 1. The molecule has 2 rings (SSSR count). The minimum atomic E-state index is -3.38. The van der Waals surface area contributed by atoms with E-state index in [4.69, 9.17) is 0 Å². The standard InChI is InChI=1S/C29H49N5O7S/c1-7-13-20(22(35)25(37)30-17-8-2)31-24(36)21-14-12-18-34(21)26(38)23(28(3,4)5)32-27(39)33-29(19-42(6,40)41)15-10-9-11-16-29/h8,20-21,23H,2,7,9-19H2,1,3-6H3,(H,30,37)(H,31,36)(H2,32,33,39)/t20?,21-,23+/m0/s1. The highest BCUT2D eigenvalue weighted by atomic mass is 32.2. The maximum Gasteiger partial charge on any atom is 0.315 e. The Morgan fingerprint density at radius 3 is 2.24 bits per heavy atom. The van der Waals surface area contributed by atoms with E-state index < -0.39 is 68.5 Å². The van der Waals surface area contributed by atoms with Crippen LogP contribution in [0.3, 0.4) is 0 Å². The van der Waals surface area contributed by atoms with Crippen molar-refractivity contribution in [3.05, 3.63) is 12.7 Å². The third kappa shape index (κ3) is 10.1. The number of nitrogens with one attached hydrogen (secondary N) is 4. The number of hydrogen-bond donors (Lipinski definition) is 4. The van der Waals surface area contributed by atoms with Crippen LogP contribution < -0.4 is 21.3 Å². The van der Waals surface area contributed by atoms with Crippen LogP contribution in [0.1, 0.15) is 85.5 Å². The lowest BCUT2D eigenvalue weighted by molar-refractivity contribution is -0.143. The molecule has 0 radical (unpaired) electrons. The number of likely N-dealkylation sites (tertiary alicyclic amines) is 1. The lowest BCUT2D eigenvalue weighted by Gasteiger charge is -2.39. The van der Waals surface area contributed by atoms with E-state index in [9.17, 15) is 32.4 Å². The van der Waals surface area contributed by atoms with Crippen molar-refractivity contribution < 1.29 is 32.4 Å². The summed E-state index contributed by atoms with van der Waals surface area (Å²) in [4.78, 5) is 66.9. The molecule has 1 heterocycles. The van der Waals surface area contributed by atoms with Gasteiger partial charge in [0, 0.05) is 19.3 Å². The highest BCUT2D eigenvalue weighted by Crippen LogP contribution is 2.30. The van der Waals surface area contributed by atoms with Crippen LogP contribution >= 0.6 is 0 Å². The lowest BCUT2D eigenvalue weighted by Crippen LogP contribution is -2.63. The third-order valence-electron chi connectivity index (χ3n) is 7.80. The summed E-state index contributed by atoms with van der Waals surface area (Å²) in [5.41, 5.74) is -1.64. The minimum Gasteiger partial charge on any atom is -0.346 e. The molecule has 12 nitrogen and oxygen atoms in total. The van der Waals surface area contributed by atoms with Gasteiger partial charge in [-0.1, -0.05) is 59.5 Å². The van der Waals surface area contributed by atoms with Crippen LogP contribution in [0.25, 0.3) is 0 Å². The van der Waals surface area contributed by atoms with E-state index in [1.54, 1.807) is 20.8 Å². The van der Waals surface area contributed by atoms with Gasteiger partial charge in [-0.3, -0.25) is 19.2 Å². The number of hydrogen-bond acceptors (Lipinski definition) is 7. The minimum absolute atomic E-state index is 0.117. The molecule has 0 spiro atoms. The Kier molecular flexibility index (Phi) is 12.6. The van der Waals surface area contributed by atoms with Crippen molar-refractivity contribution in [2.45, 2.75) is 109 Å². The molecule has 0 aromatic heterocycles. The predicted molar refractivity (Wildman–Crippen MR) is 160 cm³/mol. The number of nitrogens with zero attached hydrogens (tertiary/aromatic N) is 1. The first-order valence-corrected chi connectivity index (χ1v) is 16.9. The van der Waals surface area contributed by atoms with Crippen LogP contribution in [0.2, 0.25) is 0 Å². The van der Waals surface area contributed by atoms with E-state index in [0.717, 1.165) is 25.5 Å². The molecular weight excluding hydrogens is 562 g/mol. The van der Waals surface area contributed by atoms with Gasteiger partial charge in [0.1, 0.15) is 21.9 Å². The summed E-state index contributed by atoms with van der Waals surface area (Å²) >= 11 is 0. The maximum atomic E-state index is 13.9. The van der Waals surface area contributed by atoms with E-state index in [1.165, 1.54) is 11.0 Å². The first-order valence-electron chi connectivity index (χ1n) is 14.8. The molecule has 1 aliphatic carbocycles. The quantitative estimate of drug-likeness (QED) is 0.181. The van der Waals surface area contributed by atoms with E-state index in [0.29, 0.717) is 32.1 Å². The Hall–Kier alpha value is -2.96. The van der Waals surface area contributed by atoms with E-state index >= 15 is 0 Å². The number of sulfone groups is 1. The number of rotatable bonds is 13. The molecule has 3 atom stereocenters. The van der Waals surface area contributed by atoms with Gasteiger partial charge in [0.05, 0.1) is 17.3 Å². The molecule has 2 fully saturated rings. The molecule has 4 N–H and O–H groups in total. The predicted octanol–water partition coefficient (Wildman–Crippen LogP) is 1.60. The number of urea groups is 1. The number of ketones is 1. The second-order valence-electron chi connectivity index (χ2n) is 12.7. The zero-order chi connectivity index (χ0) is 31.7. The zero-order valence-electron chi connectivity index (χ0n) is 25.7. The van der Waals surface area contributed by atoms with Gasteiger partial charge in [-0.25, -0.2) is 13.2 Å². The summed E-state index contributed by atoms with van der Waals surface area (Å²) in [6.07, 6.45) is 7.91. The molecule has 0 aromatic rings. The van der Waals surface area contributed by atoms with Crippen molar-refractivity contribution in [2.24, 2.45) is 5.41 Å². The molecule has 1 saturated heterocycles. The molecule has 13 heteroatoms. The van der Waals surface area contributed by atoms with Gasteiger partial charge in [0.2, 0.25) is 17.6 Å². The van der Waals surface area contributed by atoms with Crippen molar-refractivity contribution in [1.29, 1.82) is 0 Å². The van der Waals surface area contributed by atoms with Gasteiger partial charge in [0.15, 0.2) is 0 Å². The normalized spacial score (nSPS) is 20.1. The Morgan fingerprint density at radius 1 is 1.05 bits per heavy atom. The van der Waals surface area contributed by atoms with E-state index in [1.807, 2.05) is 6.92 Å². The summed E-state index contributed by atoms with van der Waals surface area (Å²) in [5.74, 6) is -2.74. The summed E-state index contributed by atoms with van der Waals surface area (Å²) in [6.45, 7) is 11.1. The van der Waals surface area contributed by atoms with Crippen LogP contribution in [-0.2, 0) is 29.0 Å². The fraction of sp³-hybridized carbons (Fsp3) is 0.759. The van der Waals surface area contributed by atoms with Crippen molar-refractivity contribution in [3.8, 4) is 0 Å². The molecule has 1 saturated carbocycles. The molecule has 0 aromatic carbocycles. The molecule has 0 bridgehead atoms. The number of carbonyl (C=O) groups is 5. The van der Waals surface area contributed by atoms with Gasteiger partial charge < -0.3 is 26.2 Å². The first kappa shape index (κ1) is 35.2. The smallest absolute Gasteiger partial charge is 0.315 e. The average molecular weight is 612 g/mol. The Balaban J connectivity index is 2.20. The van der Waals surface area contributed by atoms with E-state index in [-0.39, 0.29) is 25.3 Å². The topological polar surface area (TPSA) is 171 Å². The highest BCUT2D eigenvalue weighted by Gasteiger charge is 2.44. The maximum absolute atomic E-state index is 13.9. The van der Waals surface area contributed by atoms with Crippen molar-refractivity contribution in [1.82, 2.24) is 26.2 Å². The largest absolute Gasteiger partial charge is 0.346 e. The van der Waals surface area contributed by atoms with Gasteiger partial charge in [0.25, 0.3) is 5.91 Å². The monoisotopic (exact) mass is 611 g/mol. The summed E-state index contributed by atoms with van der Waals surface area (Å²) in [6, 6.07) is -3.55. The molecule has 238 valence electrons. The fourth-order valence-corrected chi connectivity index (χ4v) is 7.16. The Labute approximate surface area is 250 Å². The summed E-state index contributed by atoms with van der Waals surface area (Å²) < 4.78 is 24.4. The SMILES string of the molecule is C=CCNC(=O)C(=O)C(CCC)NC(=O)[C@@H]1CCCN1C(=O)[C@@H](NC(=O)NC1(CS(C)(=O)=O)CCCCC1)C(C)(C)C. The van der Waals surface area contributed by atoms with E-state index in [2.05, 4.69) is 27.8 Å².